The van der Waals surface area contributed by atoms with Crippen molar-refractivity contribution in [3.05, 3.63) is 65.7 Å². The summed E-state index contributed by atoms with van der Waals surface area (Å²) in [5.41, 5.74) is -0.914. The lowest BCUT2D eigenvalue weighted by molar-refractivity contribution is 0.0599. The number of carbonyl (C=O) groups excluding carboxylic acids is 1. The number of carbonyl (C=O) groups is 1. The number of amides is 2. The quantitative estimate of drug-likeness (QED) is 0.813. The van der Waals surface area contributed by atoms with E-state index in [1.54, 1.807) is 31.2 Å². The van der Waals surface area contributed by atoms with E-state index in [9.17, 15) is 18.7 Å². The fraction of sp³-hybridized carbons (Fsp3) is 0.188. The smallest absolute Gasteiger partial charge is 0.319 e. The van der Waals surface area contributed by atoms with Crippen LogP contribution in [0.3, 0.4) is 0 Å². The number of halogens is 2. The molecule has 0 fully saturated rings. The molecule has 0 radical (unpaired) electrons. The summed E-state index contributed by atoms with van der Waals surface area (Å²) in [6.07, 6.45) is 0. The number of nitrogens with one attached hydrogen (secondary N) is 2. The zero-order chi connectivity index (χ0) is 16.2. The monoisotopic (exact) mass is 306 g/mol. The molecule has 1 unspecified atom stereocenters. The molecule has 2 amide bonds. The standard InChI is InChI=1S/C16H16F2N2O2/c1-16(22,11-5-3-2-4-6-11)10-19-15(21)20-14-9-12(17)7-8-13(14)18/h2-9,22H,10H2,1H3,(H2,19,20,21). The van der Waals surface area contributed by atoms with Crippen LogP contribution >= 0.6 is 0 Å². The largest absolute Gasteiger partial charge is 0.384 e. The van der Waals surface area contributed by atoms with Crippen molar-refractivity contribution in [1.82, 2.24) is 5.32 Å². The van der Waals surface area contributed by atoms with Crippen LogP contribution in [-0.4, -0.2) is 17.7 Å². The molecule has 0 heterocycles. The van der Waals surface area contributed by atoms with Gasteiger partial charge in [0.1, 0.15) is 17.2 Å². The zero-order valence-corrected chi connectivity index (χ0v) is 11.9. The van der Waals surface area contributed by atoms with E-state index < -0.39 is 23.3 Å². The molecule has 3 N–H and O–H groups in total. The highest BCUT2D eigenvalue weighted by atomic mass is 19.1. The van der Waals surface area contributed by atoms with Crippen molar-refractivity contribution in [1.29, 1.82) is 0 Å². The third-order valence-electron chi connectivity index (χ3n) is 3.17. The normalized spacial score (nSPS) is 13.3. The van der Waals surface area contributed by atoms with E-state index in [-0.39, 0.29) is 12.2 Å². The molecule has 116 valence electrons. The molecule has 2 aromatic carbocycles. The minimum Gasteiger partial charge on any atom is -0.384 e. The summed E-state index contributed by atoms with van der Waals surface area (Å²) in [5, 5.41) is 14.9. The number of rotatable bonds is 4. The highest BCUT2D eigenvalue weighted by Gasteiger charge is 2.23. The Kier molecular flexibility index (Phi) is 4.72. The average Bonchev–Trinajstić information content (AvgIpc) is 2.50. The molecule has 2 aromatic rings. The van der Waals surface area contributed by atoms with Crippen LogP contribution in [-0.2, 0) is 5.60 Å². The molecule has 0 spiro atoms. The van der Waals surface area contributed by atoms with Crippen molar-refractivity contribution in [2.45, 2.75) is 12.5 Å². The van der Waals surface area contributed by atoms with Gasteiger partial charge in [-0.15, -0.1) is 0 Å². The molecule has 0 aliphatic rings. The maximum atomic E-state index is 13.4. The van der Waals surface area contributed by atoms with Crippen LogP contribution in [0, 0.1) is 11.6 Å². The minimum atomic E-state index is -1.28. The fourth-order valence-corrected chi connectivity index (χ4v) is 1.91. The molecule has 2 rings (SSSR count). The molecule has 0 saturated carbocycles. The van der Waals surface area contributed by atoms with E-state index in [2.05, 4.69) is 10.6 Å². The summed E-state index contributed by atoms with van der Waals surface area (Å²) >= 11 is 0. The lowest BCUT2D eigenvalue weighted by Gasteiger charge is -2.24. The van der Waals surface area contributed by atoms with Gasteiger partial charge in [0.2, 0.25) is 0 Å². The SMILES string of the molecule is CC(O)(CNC(=O)Nc1cc(F)ccc1F)c1ccccc1. The maximum Gasteiger partial charge on any atom is 0.319 e. The fourth-order valence-electron chi connectivity index (χ4n) is 1.91. The van der Waals surface area contributed by atoms with Gasteiger partial charge in [0.15, 0.2) is 0 Å². The predicted molar refractivity (Wildman–Crippen MR) is 79.4 cm³/mol. The van der Waals surface area contributed by atoms with Gasteiger partial charge in [-0.05, 0) is 24.6 Å². The van der Waals surface area contributed by atoms with Crippen molar-refractivity contribution in [2.75, 3.05) is 11.9 Å². The molecule has 0 saturated heterocycles. The molecule has 4 nitrogen and oxygen atoms in total. The second-order valence-electron chi connectivity index (χ2n) is 5.07. The van der Waals surface area contributed by atoms with E-state index in [0.29, 0.717) is 5.56 Å². The summed E-state index contributed by atoms with van der Waals surface area (Å²) in [6, 6.07) is 10.8. The van der Waals surface area contributed by atoms with Crippen LogP contribution in [0.5, 0.6) is 0 Å². The zero-order valence-electron chi connectivity index (χ0n) is 11.9. The Hall–Kier alpha value is -2.47. The third-order valence-corrected chi connectivity index (χ3v) is 3.17. The minimum absolute atomic E-state index is 0.0836. The van der Waals surface area contributed by atoms with E-state index in [1.165, 1.54) is 0 Å². The van der Waals surface area contributed by atoms with Gasteiger partial charge in [-0.25, -0.2) is 13.6 Å². The van der Waals surface area contributed by atoms with Crippen LogP contribution in [0.4, 0.5) is 19.3 Å². The Balaban J connectivity index is 1.97. The second-order valence-corrected chi connectivity index (χ2v) is 5.07. The van der Waals surface area contributed by atoms with Gasteiger partial charge in [0, 0.05) is 6.07 Å². The first-order valence-electron chi connectivity index (χ1n) is 6.66. The first-order chi connectivity index (χ1) is 10.4. The lowest BCUT2D eigenvalue weighted by Crippen LogP contribution is -2.40. The molecule has 0 bridgehead atoms. The molecule has 22 heavy (non-hydrogen) atoms. The molecule has 0 aromatic heterocycles. The Bertz CT molecular complexity index is 660. The van der Waals surface area contributed by atoms with Crippen LogP contribution in [0.15, 0.2) is 48.5 Å². The van der Waals surface area contributed by atoms with Crippen molar-refractivity contribution in [3.8, 4) is 0 Å². The Labute approximate surface area is 126 Å². The molecule has 6 heteroatoms. The molecule has 1 atom stereocenters. The van der Waals surface area contributed by atoms with Crippen LogP contribution in [0.25, 0.3) is 0 Å². The number of anilines is 1. The summed E-state index contributed by atoms with van der Waals surface area (Å²) in [7, 11) is 0. The van der Waals surface area contributed by atoms with Gasteiger partial charge in [0.05, 0.1) is 12.2 Å². The first-order valence-corrected chi connectivity index (χ1v) is 6.66. The van der Waals surface area contributed by atoms with Crippen molar-refractivity contribution >= 4 is 11.7 Å². The number of hydrogen-bond donors (Lipinski definition) is 3. The van der Waals surface area contributed by atoms with Gasteiger partial charge in [0.25, 0.3) is 0 Å². The summed E-state index contributed by atoms with van der Waals surface area (Å²) in [4.78, 5) is 11.7. The van der Waals surface area contributed by atoms with Gasteiger partial charge >= 0.3 is 6.03 Å². The molecule has 0 aliphatic heterocycles. The number of hydrogen-bond acceptors (Lipinski definition) is 2. The summed E-state index contributed by atoms with van der Waals surface area (Å²) in [5.74, 6) is -1.40. The highest BCUT2D eigenvalue weighted by molar-refractivity contribution is 5.89. The molecular weight excluding hydrogens is 290 g/mol. The molecule has 0 aliphatic carbocycles. The number of benzene rings is 2. The Morgan fingerprint density at radius 3 is 2.55 bits per heavy atom. The van der Waals surface area contributed by atoms with Crippen molar-refractivity contribution in [3.63, 3.8) is 0 Å². The van der Waals surface area contributed by atoms with Crippen LogP contribution in [0.2, 0.25) is 0 Å². The highest BCUT2D eigenvalue weighted by Crippen LogP contribution is 2.19. The van der Waals surface area contributed by atoms with Gasteiger partial charge in [-0.1, -0.05) is 30.3 Å². The van der Waals surface area contributed by atoms with Crippen molar-refractivity contribution in [2.24, 2.45) is 0 Å². The average molecular weight is 306 g/mol. The van der Waals surface area contributed by atoms with E-state index >= 15 is 0 Å². The maximum absolute atomic E-state index is 13.4. The van der Waals surface area contributed by atoms with E-state index in [1.807, 2.05) is 6.07 Å². The molecular formula is C16H16F2N2O2. The first kappa shape index (κ1) is 15.9. The van der Waals surface area contributed by atoms with Gasteiger partial charge in [-0.2, -0.15) is 0 Å². The summed E-state index contributed by atoms with van der Waals surface area (Å²) < 4.78 is 26.4. The topological polar surface area (TPSA) is 61.4 Å². The second kappa shape index (κ2) is 6.53. The third kappa shape index (κ3) is 4.02. The Morgan fingerprint density at radius 1 is 1.18 bits per heavy atom. The van der Waals surface area contributed by atoms with Crippen molar-refractivity contribution < 1.29 is 18.7 Å². The van der Waals surface area contributed by atoms with Crippen LogP contribution < -0.4 is 10.6 Å². The summed E-state index contributed by atoms with van der Waals surface area (Å²) in [6.45, 7) is 1.46. The number of aliphatic hydroxyl groups is 1. The van der Waals surface area contributed by atoms with Gasteiger partial charge in [-0.3, -0.25) is 0 Å². The lowest BCUT2D eigenvalue weighted by atomic mass is 9.96. The predicted octanol–water partition coefficient (Wildman–Crippen LogP) is 2.99. The number of urea groups is 1. The van der Waals surface area contributed by atoms with E-state index in [4.69, 9.17) is 0 Å². The van der Waals surface area contributed by atoms with E-state index in [0.717, 1.165) is 18.2 Å². The van der Waals surface area contributed by atoms with Gasteiger partial charge < -0.3 is 15.7 Å². The Morgan fingerprint density at radius 2 is 1.86 bits per heavy atom. The van der Waals surface area contributed by atoms with Crippen LogP contribution in [0.1, 0.15) is 12.5 Å².